The van der Waals surface area contributed by atoms with Gasteiger partial charge in [0.15, 0.2) is 0 Å². The highest BCUT2D eigenvalue weighted by Gasteiger charge is 1.75. The zero-order chi connectivity index (χ0) is 5.11. The predicted octanol–water partition coefficient (Wildman–Crippen LogP) is 1.67. The average molecular weight is 112 g/mol. The first-order valence-electron chi connectivity index (χ1n) is 2.54. The van der Waals surface area contributed by atoms with Crippen molar-refractivity contribution in [3.63, 3.8) is 0 Å². The number of rotatable bonds is 1. The minimum atomic E-state index is 0. The van der Waals surface area contributed by atoms with Crippen LogP contribution >= 0.6 is 0 Å². The van der Waals surface area contributed by atoms with Crippen molar-refractivity contribution in [2.45, 2.75) is 13.5 Å². The van der Waals surface area contributed by atoms with Gasteiger partial charge in [0.2, 0.25) is 0 Å². The fourth-order valence-electron chi connectivity index (χ4n) is 0.581. The first-order valence-corrected chi connectivity index (χ1v) is 2.54. The lowest BCUT2D eigenvalue weighted by Gasteiger charge is -1.89. The maximum atomic E-state index is 2.12. The smallest absolute Gasteiger partial charge is 0.0191 e. The molecule has 0 saturated heterocycles. The van der Waals surface area contributed by atoms with Gasteiger partial charge in [-0.05, 0) is 19.1 Å². The van der Waals surface area contributed by atoms with Gasteiger partial charge in [0.25, 0.3) is 0 Å². The van der Waals surface area contributed by atoms with Gasteiger partial charge in [-0.15, -0.1) is 0 Å². The van der Waals surface area contributed by atoms with Gasteiger partial charge < -0.3 is 10.7 Å². The average Bonchev–Trinajstić information content (AvgIpc) is 2.14. The summed E-state index contributed by atoms with van der Waals surface area (Å²) in [6.45, 7) is 3.20. The van der Waals surface area contributed by atoms with Crippen molar-refractivity contribution in [2.75, 3.05) is 0 Å². The third kappa shape index (κ3) is 1.39. The van der Waals surface area contributed by atoms with Crippen molar-refractivity contribution in [3.05, 3.63) is 24.5 Å². The lowest BCUT2D eigenvalue weighted by molar-refractivity contribution is 0.769. The van der Waals surface area contributed by atoms with Gasteiger partial charge in [-0.1, -0.05) is 0 Å². The van der Waals surface area contributed by atoms with E-state index in [1.807, 2.05) is 12.1 Å². The summed E-state index contributed by atoms with van der Waals surface area (Å²) < 4.78 is 2.12. The number of nitrogens with zero attached hydrogens (tertiary/aromatic N) is 1. The molecule has 0 spiro atoms. The summed E-state index contributed by atoms with van der Waals surface area (Å²) in [5, 5.41) is 0. The fraction of sp³-hybridized carbons (Fsp3) is 0.333. The van der Waals surface area contributed by atoms with Crippen molar-refractivity contribution in [3.8, 4) is 0 Å². The van der Waals surface area contributed by atoms with Crippen LogP contribution in [0, 0.1) is 0 Å². The van der Waals surface area contributed by atoms with E-state index in [-0.39, 0.29) is 6.15 Å². The van der Waals surface area contributed by atoms with Crippen molar-refractivity contribution in [1.82, 2.24) is 10.7 Å². The second kappa shape index (κ2) is 3.27. The lowest BCUT2D eigenvalue weighted by atomic mass is 10.7. The number of aryl methyl sites for hydroxylation is 1. The highest BCUT2D eigenvalue weighted by atomic mass is 14.9. The van der Waals surface area contributed by atoms with E-state index in [1.54, 1.807) is 0 Å². The van der Waals surface area contributed by atoms with Crippen molar-refractivity contribution >= 4 is 0 Å². The Morgan fingerprint density at radius 1 is 1.25 bits per heavy atom. The number of hydrogen-bond donors (Lipinski definition) is 1. The second-order valence-electron chi connectivity index (χ2n) is 1.51. The van der Waals surface area contributed by atoms with E-state index in [1.165, 1.54) is 0 Å². The molecule has 8 heavy (non-hydrogen) atoms. The quantitative estimate of drug-likeness (QED) is 0.589. The number of hydrogen-bond acceptors (Lipinski definition) is 1. The Bertz CT molecular complexity index is 121. The standard InChI is InChI=1S/C6H9N.H3N/c1-2-7-5-3-4-6-7;/h3-6H,2H2,1H3;1H3. The molecule has 1 heterocycles. The zero-order valence-corrected chi connectivity index (χ0v) is 5.17. The van der Waals surface area contributed by atoms with E-state index < -0.39 is 0 Å². The molecule has 3 N–H and O–H groups in total. The van der Waals surface area contributed by atoms with Crippen LogP contribution in [0.1, 0.15) is 6.92 Å². The van der Waals surface area contributed by atoms with Crippen LogP contribution in [0.3, 0.4) is 0 Å². The molecule has 2 nitrogen and oxygen atoms in total. The van der Waals surface area contributed by atoms with Crippen LogP contribution in [0.2, 0.25) is 0 Å². The monoisotopic (exact) mass is 112 g/mol. The van der Waals surface area contributed by atoms with Crippen molar-refractivity contribution in [2.24, 2.45) is 0 Å². The molecule has 0 aliphatic carbocycles. The molecule has 2 heteroatoms. The molecule has 0 radical (unpaired) electrons. The minimum absolute atomic E-state index is 0. The second-order valence-corrected chi connectivity index (χ2v) is 1.51. The Morgan fingerprint density at radius 2 is 1.75 bits per heavy atom. The maximum Gasteiger partial charge on any atom is 0.0191 e. The molecular formula is C6H12N2. The molecule has 0 aromatic carbocycles. The van der Waals surface area contributed by atoms with E-state index >= 15 is 0 Å². The van der Waals surface area contributed by atoms with Crippen molar-refractivity contribution < 1.29 is 0 Å². The Balaban J connectivity index is 0.000000490. The molecule has 1 aromatic rings. The number of aromatic nitrogens is 1. The van der Waals surface area contributed by atoms with Gasteiger partial charge in [-0.3, -0.25) is 0 Å². The van der Waals surface area contributed by atoms with Crippen molar-refractivity contribution in [1.29, 1.82) is 0 Å². The van der Waals surface area contributed by atoms with Crippen LogP contribution in [0.5, 0.6) is 0 Å². The normalized spacial score (nSPS) is 8.12. The first kappa shape index (κ1) is 7.24. The molecule has 1 rings (SSSR count). The highest BCUT2D eigenvalue weighted by molar-refractivity contribution is 4.89. The third-order valence-electron chi connectivity index (χ3n) is 1.03. The van der Waals surface area contributed by atoms with Crippen LogP contribution in [-0.4, -0.2) is 4.57 Å². The molecular weight excluding hydrogens is 100 g/mol. The molecule has 46 valence electrons. The molecule has 0 bridgehead atoms. The van der Waals surface area contributed by atoms with E-state index in [4.69, 9.17) is 0 Å². The van der Waals surface area contributed by atoms with Crippen LogP contribution in [0.15, 0.2) is 24.5 Å². The maximum absolute atomic E-state index is 2.12. The molecule has 0 amide bonds. The summed E-state index contributed by atoms with van der Waals surface area (Å²) in [5.74, 6) is 0. The molecule has 0 saturated carbocycles. The third-order valence-corrected chi connectivity index (χ3v) is 1.03. The van der Waals surface area contributed by atoms with Gasteiger partial charge >= 0.3 is 0 Å². The zero-order valence-electron chi connectivity index (χ0n) is 5.17. The summed E-state index contributed by atoms with van der Waals surface area (Å²) in [6.07, 6.45) is 4.11. The lowest BCUT2D eigenvalue weighted by Crippen LogP contribution is -1.85. The van der Waals surface area contributed by atoms with Crippen LogP contribution in [0.25, 0.3) is 0 Å². The van der Waals surface area contributed by atoms with E-state index in [9.17, 15) is 0 Å². The van der Waals surface area contributed by atoms with E-state index in [2.05, 4.69) is 23.9 Å². The van der Waals surface area contributed by atoms with Crippen LogP contribution < -0.4 is 6.15 Å². The SMILES string of the molecule is CCn1cccc1.N. The van der Waals surface area contributed by atoms with E-state index in [0.29, 0.717) is 0 Å². The fourth-order valence-corrected chi connectivity index (χ4v) is 0.581. The first-order chi connectivity index (χ1) is 3.43. The minimum Gasteiger partial charge on any atom is -0.355 e. The summed E-state index contributed by atoms with van der Waals surface area (Å²) in [6, 6.07) is 4.06. The highest BCUT2D eigenvalue weighted by Crippen LogP contribution is 1.86. The largest absolute Gasteiger partial charge is 0.355 e. The van der Waals surface area contributed by atoms with E-state index in [0.717, 1.165) is 6.54 Å². The molecule has 1 aromatic heterocycles. The Labute approximate surface area is 49.7 Å². The Kier molecular flexibility index (Phi) is 2.96. The topological polar surface area (TPSA) is 39.9 Å². The Morgan fingerprint density at radius 3 is 2.00 bits per heavy atom. The summed E-state index contributed by atoms with van der Waals surface area (Å²) >= 11 is 0. The van der Waals surface area contributed by atoms with Gasteiger partial charge in [0, 0.05) is 18.9 Å². The molecule has 0 atom stereocenters. The molecule has 0 aliphatic rings. The van der Waals surface area contributed by atoms with Crippen LogP contribution in [0.4, 0.5) is 0 Å². The van der Waals surface area contributed by atoms with Gasteiger partial charge in [0.05, 0.1) is 0 Å². The van der Waals surface area contributed by atoms with Gasteiger partial charge in [-0.25, -0.2) is 0 Å². The Hall–Kier alpha value is -0.760. The van der Waals surface area contributed by atoms with Crippen LogP contribution in [-0.2, 0) is 6.54 Å². The molecule has 0 unspecified atom stereocenters. The summed E-state index contributed by atoms with van der Waals surface area (Å²) in [5.41, 5.74) is 0. The predicted molar refractivity (Wildman–Crippen MR) is 35.1 cm³/mol. The molecule has 0 aliphatic heterocycles. The molecule has 0 fully saturated rings. The van der Waals surface area contributed by atoms with Gasteiger partial charge in [0.1, 0.15) is 0 Å². The summed E-state index contributed by atoms with van der Waals surface area (Å²) in [4.78, 5) is 0. The summed E-state index contributed by atoms with van der Waals surface area (Å²) in [7, 11) is 0. The van der Waals surface area contributed by atoms with Gasteiger partial charge in [-0.2, -0.15) is 0 Å².